The number of rotatable bonds is 8. The summed E-state index contributed by atoms with van der Waals surface area (Å²) in [5, 5.41) is 7.08. The molecule has 1 aliphatic heterocycles. The van der Waals surface area contributed by atoms with Crippen LogP contribution in [0.25, 0.3) is 0 Å². The molecule has 1 saturated heterocycles. The highest BCUT2D eigenvalue weighted by molar-refractivity contribution is 5.80. The SMILES string of the molecule is CCNC(=NCc1cccc(CN(C)C)c1)NC1CCN(Cc2ccccc2)CC1. The first-order valence-electron chi connectivity index (χ1n) is 11.2. The van der Waals surface area contributed by atoms with Crippen LogP contribution >= 0.6 is 0 Å². The second-order valence-corrected chi connectivity index (χ2v) is 8.43. The molecule has 3 rings (SSSR count). The van der Waals surface area contributed by atoms with E-state index in [2.05, 4.69) is 96.0 Å². The molecule has 0 amide bonds. The van der Waals surface area contributed by atoms with Gasteiger partial charge in [0.1, 0.15) is 0 Å². The van der Waals surface area contributed by atoms with Gasteiger partial charge in [0.2, 0.25) is 0 Å². The first-order chi connectivity index (χ1) is 14.6. The Balaban J connectivity index is 1.50. The molecular weight excluding hydrogens is 370 g/mol. The third kappa shape index (κ3) is 7.47. The van der Waals surface area contributed by atoms with E-state index in [1.165, 1.54) is 16.7 Å². The molecule has 0 radical (unpaired) electrons. The predicted molar refractivity (Wildman–Crippen MR) is 127 cm³/mol. The van der Waals surface area contributed by atoms with E-state index in [4.69, 9.17) is 4.99 Å². The normalized spacial score (nSPS) is 16.1. The maximum Gasteiger partial charge on any atom is 0.191 e. The summed E-state index contributed by atoms with van der Waals surface area (Å²) < 4.78 is 0. The summed E-state index contributed by atoms with van der Waals surface area (Å²) >= 11 is 0. The molecule has 0 unspecified atom stereocenters. The van der Waals surface area contributed by atoms with E-state index < -0.39 is 0 Å². The van der Waals surface area contributed by atoms with Crippen LogP contribution in [0, 0.1) is 0 Å². The monoisotopic (exact) mass is 407 g/mol. The van der Waals surface area contributed by atoms with Gasteiger partial charge < -0.3 is 15.5 Å². The molecule has 1 aliphatic rings. The first kappa shape index (κ1) is 22.3. The average Bonchev–Trinajstić information content (AvgIpc) is 2.74. The van der Waals surface area contributed by atoms with Crippen molar-refractivity contribution in [2.45, 2.75) is 45.4 Å². The van der Waals surface area contributed by atoms with Gasteiger partial charge in [-0.25, -0.2) is 4.99 Å². The van der Waals surface area contributed by atoms with Crippen molar-refractivity contribution in [3.63, 3.8) is 0 Å². The third-order valence-corrected chi connectivity index (χ3v) is 5.43. The summed E-state index contributed by atoms with van der Waals surface area (Å²) in [5.41, 5.74) is 3.98. The fourth-order valence-electron chi connectivity index (χ4n) is 3.95. The van der Waals surface area contributed by atoms with Crippen molar-refractivity contribution in [3.05, 3.63) is 71.3 Å². The quantitative estimate of drug-likeness (QED) is 0.519. The summed E-state index contributed by atoms with van der Waals surface area (Å²) in [6.07, 6.45) is 2.30. The second kappa shape index (κ2) is 11.7. The Hall–Kier alpha value is -2.37. The van der Waals surface area contributed by atoms with Gasteiger partial charge >= 0.3 is 0 Å². The number of nitrogens with one attached hydrogen (secondary N) is 2. The van der Waals surface area contributed by atoms with E-state index in [0.717, 1.165) is 51.5 Å². The van der Waals surface area contributed by atoms with Gasteiger partial charge in [-0.2, -0.15) is 0 Å². The van der Waals surface area contributed by atoms with Gasteiger partial charge in [-0.1, -0.05) is 54.6 Å². The number of likely N-dealkylation sites (tertiary alicyclic amines) is 1. The lowest BCUT2D eigenvalue weighted by Crippen LogP contribution is -2.48. The van der Waals surface area contributed by atoms with Gasteiger partial charge in [0.15, 0.2) is 5.96 Å². The predicted octanol–water partition coefficient (Wildman–Crippen LogP) is 3.47. The van der Waals surface area contributed by atoms with E-state index >= 15 is 0 Å². The van der Waals surface area contributed by atoms with Gasteiger partial charge in [-0.15, -0.1) is 0 Å². The zero-order valence-corrected chi connectivity index (χ0v) is 18.8. The molecule has 0 aromatic heterocycles. The summed E-state index contributed by atoms with van der Waals surface area (Å²) in [5.74, 6) is 0.928. The lowest BCUT2D eigenvalue weighted by atomic mass is 10.0. The van der Waals surface area contributed by atoms with E-state index in [-0.39, 0.29) is 0 Å². The summed E-state index contributed by atoms with van der Waals surface area (Å²) in [6.45, 7) is 7.94. The second-order valence-electron chi connectivity index (χ2n) is 8.43. The number of aliphatic imine (C=N–C) groups is 1. The molecule has 0 aliphatic carbocycles. The van der Waals surface area contributed by atoms with Crippen molar-refractivity contribution >= 4 is 5.96 Å². The van der Waals surface area contributed by atoms with E-state index in [0.29, 0.717) is 12.6 Å². The number of nitrogens with zero attached hydrogens (tertiary/aromatic N) is 3. The molecule has 1 heterocycles. The third-order valence-electron chi connectivity index (χ3n) is 5.43. The lowest BCUT2D eigenvalue weighted by Gasteiger charge is -2.33. The smallest absolute Gasteiger partial charge is 0.191 e. The van der Waals surface area contributed by atoms with Gasteiger partial charge in [0, 0.05) is 38.8 Å². The molecule has 2 aromatic rings. The van der Waals surface area contributed by atoms with Crippen LogP contribution in [0.15, 0.2) is 59.6 Å². The molecule has 0 saturated carbocycles. The van der Waals surface area contributed by atoms with Crippen LogP contribution in [0.4, 0.5) is 0 Å². The number of guanidine groups is 1. The van der Waals surface area contributed by atoms with Gasteiger partial charge in [-0.3, -0.25) is 4.90 Å². The number of benzene rings is 2. The van der Waals surface area contributed by atoms with E-state index in [1.807, 2.05) is 0 Å². The van der Waals surface area contributed by atoms with Crippen molar-refractivity contribution in [3.8, 4) is 0 Å². The lowest BCUT2D eigenvalue weighted by molar-refractivity contribution is 0.198. The van der Waals surface area contributed by atoms with Crippen LogP contribution in [0.1, 0.15) is 36.5 Å². The molecule has 5 heteroatoms. The van der Waals surface area contributed by atoms with E-state index in [9.17, 15) is 0 Å². The number of hydrogen-bond donors (Lipinski definition) is 2. The molecule has 30 heavy (non-hydrogen) atoms. The zero-order valence-electron chi connectivity index (χ0n) is 18.8. The first-order valence-corrected chi connectivity index (χ1v) is 11.2. The highest BCUT2D eigenvalue weighted by atomic mass is 15.2. The van der Waals surface area contributed by atoms with Crippen molar-refractivity contribution < 1.29 is 0 Å². The standard InChI is InChI=1S/C25H37N5/c1-4-26-25(27-18-22-11-8-12-23(17-22)19-29(2)3)28-24-13-15-30(16-14-24)20-21-9-6-5-7-10-21/h5-12,17,24H,4,13-16,18-20H2,1-3H3,(H2,26,27,28). The summed E-state index contributed by atoms with van der Waals surface area (Å²) in [7, 11) is 4.20. The maximum atomic E-state index is 4.85. The van der Waals surface area contributed by atoms with Crippen molar-refractivity contribution in [2.24, 2.45) is 4.99 Å². The fraction of sp³-hybridized carbons (Fsp3) is 0.480. The Labute approximate surface area is 182 Å². The van der Waals surface area contributed by atoms with Gasteiger partial charge in [0.25, 0.3) is 0 Å². The van der Waals surface area contributed by atoms with Crippen molar-refractivity contribution in [2.75, 3.05) is 33.7 Å². The molecular formula is C25H37N5. The van der Waals surface area contributed by atoms with Crippen LogP contribution in [0.5, 0.6) is 0 Å². The number of piperidine rings is 1. The highest BCUT2D eigenvalue weighted by Crippen LogP contribution is 2.14. The van der Waals surface area contributed by atoms with Gasteiger partial charge in [-0.05, 0) is 50.6 Å². The Kier molecular flexibility index (Phi) is 8.72. The van der Waals surface area contributed by atoms with Gasteiger partial charge in [0.05, 0.1) is 6.54 Å². The Morgan fingerprint density at radius 3 is 2.40 bits per heavy atom. The van der Waals surface area contributed by atoms with Crippen LogP contribution in [0.3, 0.4) is 0 Å². The molecule has 1 fully saturated rings. The zero-order chi connectivity index (χ0) is 21.2. The molecule has 0 bridgehead atoms. The summed E-state index contributed by atoms with van der Waals surface area (Å²) in [4.78, 5) is 9.59. The van der Waals surface area contributed by atoms with Crippen LogP contribution in [0.2, 0.25) is 0 Å². The Morgan fingerprint density at radius 2 is 1.70 bits per heavy atom. The Morgan fingerprint density at radius 1 is 1.00 bits per heavy atom. The Bertz CT molecular complexity index is 779. The minimum atomic E-state index is 0.481. The molecule has 5 nitrogen and oxygen atoms in total. The van der Waals surface area contributed by atoms with Crippen LogP contribution < -0.4 is 10.6 Å². The average molecular weight is 408 g/mol. The van der Waals surface area contributed by atoms with E-state index in [1.54, 1.807) is 0 Å². The van der Waals surface area contributed by atoms with Crippen LogP contribution in [-0.2, 0) is 19.6 Å². The van der Waals surface area contributed by atoms with Crippen LogP contribution in [-0.4, -0.2) is 55.5 Å². The maximum absolute atomic E-state index is 4.85. The fourth-order valence-corrected chi connectivity index (χ4v) is 3.95. The molecule has 0 atom stereocenters. The van der Waals surface area contributed by atoms with Crippen molar-refractivity contribution in [1.29, 1.82) is 0 Å². The van der Waals surface area contributed by atoms with Crippen molar-refractivity contribution in [1.82, 2.24) is 20.4 Å². The molecule has 2 N–H and O–H groups in total. The molecule has 2 aromatic carbocycles. The minimum Gasteiger partial charge on any atom is -0.357 e. The summed E-state index contributed by atoms with van der Waals surface area (Å²) in [6, 6.07) is 20.0. The topological polar surface area (TPSA) is 42.9 Å². The number of hydrogen-bond acceptors (Lipinski definition) is 3. The molecule has 162 valence electrons. The minimum absolute atomic E-state index is 0.481. The largest absolute Gasteiger partial charge is 0.357 e. The molecule has 0 spiro atoms. The highest BCUT2D eigenvalue weighted by Gasteiger charge is 2.20.